The van der Waals surface area contributed by atoms with E-state index in [0.29, 0.717) is 68.3 Å². The molecule has 0 saturated heterocycles. The maximum absolute atomic E-state index is 13.7. The van der Waals surface area contributed by atoms with Crippen molar-refractivity contribution < 1.29 is 39.9 Å². The summed E-state index contributed by atoms with van der Waals surface area (Å²) in [6.45, 7) is -0.408. The summed E-state index contributed by atoms with van der Waals surface area (Å²) in [6.07, 6.45) is -0.374. The van der Waals surface area contributed by atoms with Gasteiger partial charge in [0.15, 0.2) is 9.84 Å². The molecule has 9 nitrogen and oxygen atoms in total. The van der Waals surface area contributed by atoms with Crippen molar-refractivity contribution in [1.82, 2.24) is 14.1 Å². The first kappa shape index (κ1) is 26.6. The Balaban J connectivity index is 1.77. The predicted molar refractivity (Wildman–Crippen MR) is 121 cm³/mol. The average Bonchev–Trinajstić information content (AvgIpc) is 3.48. The van der Waals surface area contributed by atoms with Gasteiger partial charge >= 0.3 is 12.1 Å². The highest BCUT2D eigenvalue weighted by atomic mass is 32.2. The Kier molecular flexibility index (Phi) is 6.99. The van der Waals surface area contributed by atoms with Crippen molar-refractivity contribution in [3.05, 3.63) is 41.2 Å². The number of halogens is 3. The van der Waals surface area contributed by atoms with E-state index in [4.69, 9.17) is 5.11 Å². The number of carbonyl (C=O) groups is 1. The number of sulfonamides is 1. The smallest absolute Gasteiger partial charge is 0.416 e. The first-order valence-electron chi connectivity index (χ1n) is 11.4. The van der Waals surface area contributed by atoms with E-state index in [2.05, 4.69) is 5.10 Å². The SMILES string of the molecule is CN([C@@H]1CCCc2c1cnn2CC(=O)O)S(=O)(=O)c1cc(C(F)(F)F)cc(S(=O)(=O)C2CCCC2)c1. The van der Waals surface area contributed by atoms with Crippen molar-refractivity contribution in [3.8, 4) is 0 Å². The molecule has 1 fully saturated rings. The molecule has 1 N–H and O–H groups in total. The van der Waals surface area contributed by atoms with Crippen LogP contribution in [-0.4, -0.2) is 54.3 Å². The van der Waals surface area contributed by atoms with Gasteiger partial charge in [-0.05, 0) is 50.3 Å². The van der Waals surface area contributed by atoms with E-state index in [9.17, 15) is 34.8 Å². The van der Waals surface area contributed by atoms with Gasteiger partial charge < -0.3 is 5.11 Å². The Hall–Kier alpha value is -2.45. The van der Waals surface area contributed by atoms with E-state index in [1.165, 1.54) is 17.9 Å². The number of nitrogens with zero attached hydrogens (tertiary/aromatic N) is 3. The fourth-order valence-electron chi connectivity index (χ4n) is 5.01. The summed E-state index contributed by atoms with van der Waals surface area (Å²) >= 11 is 0. The largest absolute Gasteiger partial charge is 0.480 e. The lowest BCUT2D eigenvalue weighted by Gasteiger charge is -2.31. The molecule has 198 valence electrons. The van der Waals surface area contributed by atoms with Crippen LogP contribution >= 0.6 is 0 Å². The van der Waals surface area contributed by atoms with E-state index in [0.717, 1.165) is 10.4 Å². The average molecular weight is 550 g/mol. The van der Waals surface area contributed by atoms with Crippen molar-refractivity contribution in [2.24, 2.45) is 0 Å². The van der Waals surface area contributed by atoms with Gasteiger partial charge in [0, 0.05) is 18.3 Å². The molecular formula is C22H26F3N3O6S2. The number of rotatable bonds is 7. The number of benzene rings is 1. The van der Waals surface area contributed by atoms with Crippen molar-refractivity contribution in [3.63, 3.8) is 0 Å². The van der Waals surface area contributed by atoms with Gasteiger partial charge in [-0.15, -0.1) is 0 Å². The molecule has 1 aromatic carbocycles. The second-order valence-electron chi connectivity index (χ2n) is 9.17. The molecule has 2 aromatic rings. The molecule has 2 aliphatic rings. The molecule has 1 heterocycles. The predicted octanol–water partition coefficient (Wildman–Crippen LogP) is 3.40. The summed E-state index contributed by atoms with van der Waals surface area (Å²) in [7, 11) is -7.51. The van der Waals surface area contributed by atoms with Crippen LogP contribution in [0.2, 0.25) is 0 Å². The highest BCUT2D eigenvalue weighted by Gasteiger charge is 2.39. The molecule has 0 aliphatic heterocycles. The molecule has 0 unspecified atom stereocenters. The van der Waals surface area contributed by atoms with Crippen LogP contribution in [0, 0.1) is 0 Å². The zero-order valence-electron chi connectivity index (χ0n) is 19.4. The Morgan fingerprint density at radius 2 is 1.72 bits per heavy atom. The van der Waals surface area contributed by atoms with E-state index < -0.39 is 65.2 Å². The summed E-state index contributed by atoms with van der Waals surface area (Å²) in [6, 6.07) is 0.968. The van der Waals surface area contributed by atoms with Gasteiger partial charge in [-0.1, -0.05) is 12.8 Å². The second-order valence-corrected chi connectivity index (χ2v) is 13.4. The topological polar surface area (TPSA) is 127 Å². The molecule has 1 aromatic heterocycles. The first-order valence-corrected chi connectivity index (χ1v) is 14.4. The normalized spacial score (nSPS) is 19.5. The van der Waals surface area contributed by atoms with E-state index >= 15 is 0 Å². The Morgan fingerprint density at radius 1 is 1.08 bits per heavy atom. The van der Waals surface area contributed by atoms with Gasteiger partial charge in [0.1, 0.15) is 6.54 Å². The minimum Gasteiger partial charge on any atom is -0.480 e. The maximum Gasteiger partial charge on any atom is 0.416 e. The molecule has 1 saturated carbocycles. The van der Waals surface area contributed by atoms with Crippen LogP contribution < -0.4 is 0 Å². The maximum atomic E-state index is 13.7. The number of alkyl halides is 3. The zero-order chi connectivity index (χ0) is 26.5. The van der Waals surface area contributed by atoms with Gasteiger partial charge in [0.25, 0.3) is 0 Å². The lowest BCUT2D eigenvalue weighted by molar-refractivity contribution is -0.138. The van der Waals surface area contributed by atoms with Crippen LogP contribution in [0.1, 0.15) is 61.4 Å². The zero-order valence-corrected chi connectivity index (χ0v) is 21.0. The van der Waals surface area contributed by atoms with Gasteiger partial charge in [-0.25, -0.2) is 16.8 Å². The molecule has 0 spiro atoms. The Bertz CT molecular complexity index is 1380. The fraction of sp³-hybridized carbons (Fsp3) is 0.545. The monoisotopic (exact) mass is 549 g/mol. The molecule has 14 heteroatoms. The number of carboxylic acid groups (broad SMARTS) is 1. The van der Waals surface area contributed by atoms with Gasteiger partial charge in [0.2, 0.25) is 10.0 Å². The molecule has 0 amide bonds. The lowest BCUT2D eigenvalue weighted by Crippen LogP contribution is -2.34. The van der Waals surface area contributed by atoms with Crippen molar-refractivity contribution in [2.45, 2.75) is 78.7 Å². The Morgan fingerprint density at radius 3 is 2.33 bits per heavy atom. The molecule has 2 aliphatic carbocycles. The summed E-state index contributed by atoms with van der Waals surface area (Å²) in [5.41, 5.74) is -0.337. The highest BCUT2D eigenvalue weighted by Crippen LogP contribution is 2.39. The van der Waals surface area contributed by atoms with Crippen LogP contribution in [0.15, 0.2) is 34.2 Å². The summed E-state index contributed by atoms with van der Waals surface area (Å²) in [5.74, 6) is -1.12. The number of hydrogen-bond acceptors (Lipinski definition) is 6. The van der Waals surface area contributed by atoms with E-state index in [1.807, 2.05) is 0 Å². The van der Waals surface area contributed by atoms with Crippen LogP contribution in [0.4, 0.5) is 13.2 Å². The number of aromatic nitrogens is 2. The molecule has 36 heavy (non-hydrogen) atoms. The summed E-state index contributed by atoms with van der Waals surface area (Å²) in [5, 5.41) is 12.3. The van der Waals surface area contributed by atoms with Crippen molar-refractivity contribution in [1.29, 1.82) is 0 Å². The minimum absolute atomic E-state index is 0.311. The fourth-order valence-corrected chi connectivity index (χ4v) is 8.44. The van der Waals surface area contributed by atoms with Crippen molar-refractivity contribution in [2.75, 3.05) is 7.05 Å². The number of aliphatic carboxylic acids is 1. The third kappa shape index (κ3) is 4.90. The number of fused-ring (bicyclic) bond motifs is 1. The van der Waals surface area contributed by atoms with Crippen LogP contribution in [0.25, 0.3) is 0 Å². The molecule has 4 rings (SSSR count). The summed E-state index contributed by atoms with van der Waals surface area (Å²) < 4.78 is 96.5. The van der Waals surface area contributed by atoms with Crippen LogP contribution in [0.3, 0.4) is 0 Å². The standard InChI is InChI=1S/C22H26F3N3O6S2/c1-27(19-7-4-8-20-18(19)12-26-28(20)13-21(29)30)36(33,34)17-10-14(22(23,24)25)9-16(11-17)35(31,32)15-5-2-3-6-15/h9-12,15,19H,2-8,13H2,1H3,(H,29,30)/t19-/m1/s1. The third-order valence-corrected chi connectivity index (χ3v) is 11.0. The second kappa shape index (κ2) is 9.45. The molecular weight excluding hydrogens is 523 g/mol. The van der Waals surface area contributed by atoms with E-state index in [1.54, 1.807) is 0 Å². The number of hydrogen-bond donors (Lipinski definition) is 1. The Labute approximate surface area is 206 Å². The third-order valence-electron chi connectivity index (χ3n) is 6.91. The quantitative estimate of drug-likeness (QED) is 0.561. The molecule has 1 atom stereocenters. The van der Waals surface area contributed by atoms with Gasteiger partial charge in [-0.2, -0.15) is 22.6 Å². The number of sulfone groups is 1. The highest BCUT2D eigenvalue weighted by molar-refractivity contribution is 7.92. The van der Waals surface area contributed by atoms with Gasteiger partial charge in [0.05, 0.1) is 32.8 Å². The molecule has 0 radical (unpaired) electrons. The molecule has 0 bridgehead atoms. The van der Waals surface area contributed by atoms with Crippen LogP contribution in [0.5, 0.6) is 0 Å². The summed E-state index contributed by atoms with van der Waals surface area (Å²) in [4.78, 5) is 9.70. The van der Waals surface area contributed by atoms with E-state index in [-0.39, 0.29) is 0 Å². The minimum atomic E-state index is -4.96. The lowest BCUT2D eigenvalue weighted by atomic mass is 9.93. The number of carboxylic acids is 1. The van der Waals surface area contributed by atoms with Gasteiger partial charge in [-0.3, -0.25) is 9.48 Å². The van der Waals surface area contributed by atoms with Crippen LogP contribution in [-0.2, 0) is 43.8 Å². The van der Waals surface area contributed by atoms with Crippen molar-refractivity contribution >= 4 is 25.8 Å². The first-order chi connectivity index (χ1) is 16.7.